The Hall–Kier alpha value is -1.42. The van der Waals surface area contributed by atoms with Gasteiger partial charge in [0, 0.05) is 25.2 Å². The number of benzene rings is 1. The molecule has 0 aromatic heterocycles. The highest BCUT2D eigenvalue weighted by atomic mass is 35.5. The fourth-order valence-electron chi connectivity index (χ4n) is 3.13. The zero-order valence-corrected chi connectivity index (χ0v) is 14.1. The molecule has 0 spiro atoms. The molecular formula is C13H18ClN3O5S. The van der Waals surface area contributed by atoms with Gasteiger partial charge in [0.1, 0.15) is 10.6 Å². The number of hydrogen-bond acceptors (Lipinski definition) is 6. The molecule has 23 heavy (non-hydrogen) atoms. The van der Waals surface area contributed by atoms with Gasteiger partial charge in [-0.3, -0.25) is 10.1 Å². The van der Waals surface area contributed by atoms with Gasteiger partial charge in [0.05, 0.1) is 12.0 Å². The number of rotatable bonds is 4. The van der Waals surface area contributed by atoms with Crippen LogP contribution in [0.3, 0.4) is 0 Å². The molecular weight excluding hydrogens is 346 g/mol. The van der Waals surface area contributed by atoms with Crippen molar-refractivity contribution in [2.75, 3.05) is 33.3 Å². The van der Waals surface area contributed by atoms with Crippen molar-refractivity contribution in [2.45, 2.75) is 4.90 Å². The third kappa shape index (κ3) is 3.14. The van der Waals surface area contributed by atoms with Gasteiger partial charge in [0.15, 0.2) is 0 Å². The summed E-state index contributed by atoms with van der Waals surface area (Å²) in [6, 6.07) is 3.63. The molecule has 2 saturated heterocycles. The van der Waals surface area contributed by atoms with Gasteiger partial charge in [-0.15, -0.1) is 12.4 Å². The predicted molar refractivity (Wildman–Crippen MR) is 85.5 cm³/mol. The summed E-state index contributed by atoms with van der Waals surface area (Å²) < 4.78 is 32.1. The molecule has 0 radical (unpaired) electrons. The molecule has 0 amide bonds. The maximum absolute atomic E-state index is 12.8. The van der Waals surface area contributed by atoms with Gasteiger partial charge in [-0.1, -0.05) is 0 Å². The van der Waals surface area contributed by atoms with E-state index in [0.717, 1.165) is 19.2 Å². The van der Waals surface area contributed by atoms with Crippen molar-refractivity contribution in [1.29, 1.82) is 0 Å². The Labute approximate surface area is 140 Å². The highest BCUT2D eigenvalue weighted by molar-refractivity contribution is 7.89. The van der Waals surface area contributed by atoms with Crippen molar-refractivity contribution < 1.29 is 18.1 Å². The molecule has 0 saturated carbocycles. The molecule has 1 aromatic carbocycles. The molecule has 2 atom stereocenters. The molecule has 2 aliphatic heterocycles. The molecule has 10 heteroatoms. The van der Waals surface area contributed by atoms with Crippen molar-refractivity contribution in [3.8, 4) is 5.75 Å². The van der Waals surface area contributed by atoms with Gasteiger partial charge < -0.3 is 10.1 Å². The van der Waals surface area contributed by atoms with Crippen LogP contribution in [0.15, 0.2) is 23.1 Å². The predicted octanol–water partition coefficient (Wildman–Crippen LogP) is 0.865. The van der Waals surface area contributed by atoms with Crippen LogP contribution in [0.5, 0.6) is 5.75 Å². The fourth-order valence-corrected chi connectivity index (χ4v) is 4.86. The summed E-state index contributed by atoms with van der Waals surface area (Å²) in [5.74, 6) is 0.736. The number of fused-ring (bicyclic) bond motifs is 1. The van der Waals surface area contributed by atoms with Gasteiger partial charge in [0.25, 0.3) is 5.69 Å². The highest BCUT2D eigenvalue weighted by Gasteiger charge is 2.42. The Morgan fingerprint density at radius 2 is 1.91 bits per heavy atom. The van der Waals surface area contributed by atoms with E-state index in [1.54, 1.807) is 0 Å². The van der Waals surface area contributed by atoms with Crippen LogP contribution in [0.1, 0.15) is 0 Å². The lowest BCUT2D eigenvalue weighted by Gasteiger charge is -2.19. The first-order valence-electron chi connectivity index (χ1n) is 6.97. The van der Waals surface area contributed by atoms with Crippen molar-refractivity contribution >= 4 is 28.1 Å². The molecule has 1 aromatic rings. The minimum absolute atomic E-state index is 0. The summed E-state index contributed by atoms with van der Waals surface area (Å²) >= 11 is 0. The molecule has 0 unspecified atom stereocenters. The quantitative estimate of drug-likeness (QED) is 0.629. The number of hydrogen-bond donors (Lipinski definition) is 1. The van der Waals surface area contributed by atoms with E-state index in [1.165, 1.54) is 23.5 Å². The van der Waals surface area contributed by atoms with E-state index in [2.05, 4.69) is 5.32 Å². The van der Waals surface area contributed by atoms with E-state index < -0.39 is 14.9 Å². The van der Waals surface area contributed by atoms with E-state index in [0.29, 0.717) is 24.9 Å². The van der Waals surface area contributed by atoms with Crippen LogP contribution in [0.4, 0.5) is 5.69 Å². The maximum Gasteiger partial charge on any atom is 0.271 e. The van der Waals surface area contributed by atoms with Crippen LogP contribution >= 0.6 is 12.4 Å². The lowest BCUT2D eigenvalue weighted by molar-refractivity contribution is -0.385. The number of ether oxygens (including phenoxy) is 1. The molecule has 0 aliphatic carbocycles. The second-order valence-corrected chi connectivity index (χ2v) is 7.50. The number of nitrogens with one attached hydrogen (secondary N) is 1. The van der Waals surface area contributed by atoms with Crippen molar-refractivity contribution in [2.24, 2.45) is 11.8 Å². The zero-order valence-electron chi connectivity index (χ0n) is 12.5. The second-order valence-electron chi connectivity index (χ2n) is 5.59. The third-order valence-corrected chi connectivity index (χ3v) is 6.18. The first-order chi connectivity index (χ1) is 10.4. The highest BCUT2D eigenvalue weighted by Crippen LogP contribution is 2.35. The lowest BCUT2D eigenvalue weighted by atomic mass is 10.0. The molecule has 0 bridgehead atoms. The summed E-state index contributed by atoms with van der Waals surface area (Å²) in [6.45, 7) is 2.49. The van der Waals surface area contributed by atoms with Gasteiger partial charge in [-0.05, 0) is 31.0 Å². The van der Waals surface area contributed by atoms with Crippen LogP contribution in [0, 0.1) is 22.0 Å². The summed E-state index contributed by atoms with van der Waals surface area (Å²) in [7, 11) is -2.45. The Morgan fingerprint density at radius 3 is 2.43 bits per heavy atom. The number of nitro benzene ring substituents is 1. The number of nitro groups is 1. The molecule has 2 heterocycles. The third-order valence-electron chi connectivity index (χ3n) is 4.33. The Kier molecular flexibility index (Phi) is 5.14. The van der Waals surface area contributed by atoms with Crippen LogP contribution in [0.25, 0.3) is 0 Å². The van der Waals surface area contributed by atoms with E-state index in [4.69, 9.17) is 4.74 Å². The Balaban J connectivity index is 0.00000192. The monoisotopic (exact) mass is 363 g/mol. The number of sulfonamides is 1. The molecule has 2 aliphatic rings. The summed E-state index contributed by atoms with van der Waals surface area (Å²) in [5.41, 5.74) is -0.263. The number of methoxy groups -OCH3 is 1. The standard InChI is InChI=1S/C13H17N3O5S.ClH/c1-21-12-3-2-11(16(17)18)4-13(12)22(19,20)15-7-9-5-14-6-10(9)8-15;/h2-4,9-10,14H,5-8H2,1H3;1H/t9-,10+;. The Morgan fingerprint density at radius 1 is 1.30 bits per heavy atom. The van der Waals surface area contributed by atoms with Gasteiger partial charge in [-0.25, -0.2) is 8.42 Å². The molecule has 1 N–H and O–H groups in total. The van der Waals surface area contributed by atoms with E-state index >= 15 is 0 Å². The molecule has 3 rings (SSSR count). The van der Waals surface area contributed by atoms with Crippen LogP contribution in [-0.4, -0.2) is 50.9 Å². The van der Waals surface area contributed by atoms with Crippen molar-refractivity contribution in [1.82, 2.24) is 9.62 Å². The van der Waals surface area contributed by atoms with E-state index in [1.807, 2.05) is 0 Å². The van der Waals surface area contributed by atoms with Gasteiger partial charge in [-0.2, -0.15) is 4.31 Å². The average Bonchev–Trinajstić information content (AvgIpc) is 3.07. The minimum Gasteiger partial charge on any atom is -0.495 e. The topological polar surface area (TPSA) is 102 Å². The number of non-ortho nitro benzene ring substituents is 1. The first-order valence-corrected chi connectivity index (χ1v) is 8.41. The van der Waals surface area contributed by atoms with Gasteiger partial charge >= 0.3 is 0 Å². The summed E-state index contributed by atoms with van der Waals surface area (Å²) in [5, 5.41) is 14.2. The maximum atomic E-state index is 12.8. The smallest absolute Gasteiger partial charge is 0.271 e. The van der Waals surface area contributed by atoms with Crippen molar-refractivity contribution in [3.05, 3.63) is 28.3 Å². The average molecular weight is 364 g/mol. The normalized spacial score (nSPS) is 24.0. The van der Waals surface area contributed by atoms with Crippen LogP contribution < -0.4 is 10.1 Å². The SMILES string of the molecule is COc1ccc([N+](=O)[O-])cc1S(=O)(=O)N1C[C@H]2CNC[C@H]2C1.Cl. The molecule has 128 valence electrons. The summed E-state index contributed by atoms with van der Waals surface area (Å²) in [6.07, 6.45) is 0. The van der Waals surface area contributed by atoms with Crippen LogP contribution in [0.2, 0.25) is 0 Å². The zero-order chi connectivity index (χ0) is 15.9. The fraction of sp³-hybridized carbons (Fsp3) is 0.538. The van der Waals surface area contributed by atoms with E-state index in [-0.39, 0.29) is 28.7 Å². The lowest BCUT2D eigenvalue weighted by Crippen LogP contribution is -2.32. The largest absolute Gasteiger partial charge is 0.495 e. The van der Waals surface area contributed by atoms with Gasteiger partial charge in [0.2, 0.25) is 10.0 Å². The minimum atomic E-state index is -3.80. The number of halogens is 1. The number of nitrogens with zero attached hydrogens (tertiary/aromatic N) is 2. The summed E-state index contributed by atoms with van der Waals surface area (Å²) in [4.78, 5) is 10.2. The molecule has 8 nitrogen and oxygen atoms in total. The second kappa shape index (κ2) is 6.60. The molecule has 2 fully saturated rings. The Bertz CT molecular complexity index is 700. The van der Waals surface area contributed by atoms with Crippen LogP contribution in [-0.2, 0) is 10.0 Å². The first kappa shape index (κ1) is 17.9. The van der Waals surface area contributed by atoms with E-state index in [9.17, 15) is 18.5 Å². The van der Waals surface area contributed by atoms with Crippen molar-refractivity contribution in [3.63, 3.8) is 0 Å².